The number of Topliss-reactive ketones (excluding diaryl/α,β-unsaturated/α-hetero) is 2. The van der Waals surface area contributed by atoms with Crippen molar-refractivity contribution in [2.24, 2.45) is 23.7 Å². The molecule has 0 bridgehead atoms. The van der Waals surface area contributed by atoms with Crippen LogP contribution in [0.3, 0.4) is 0 Å². The molecule has 8 rings (SSSR count). The number of hydrogen-bond donors (Lipinski definition) is 5. The number of urea groups is 3. The number of aromatic nitrogens is 2. The van der Waals surface area contributed by atoms with Gasteiger partial charge in [-0.3, -0.25) is 25.0 Å². The van der Waals surface area contributed by atoms with Crippen LogP contribution in [-0.2, 0) is 17.6 Å². The minimum Gasteiger partial charge on any atom is -0.342 e. The fourth-order valence-corrected chi connectivity index (χ4v) is 13.1. The van der Waals surface area contributed by atoms with Crippen LogP contribution in [0, 0.1) is 49.2 Å². The van der Waals surface area contributed by atoms with Gasteiger partial charge in [-0.25, -0.2) is 33.1 Å². The third-order valence-electron chi connectivity index (χ3n) is 15.1. The minimum absolute atomic E-state index is 0.0579. The SMILES string of the molecule is CCC(=O)N1CC[C@@H](NC(=O)Nc2nc(C)c(C(C)=O)s2)[C@H](CN2CCC[C@@H](Cc3ccc(F)cc3)C2)C1.CCNC(=O)N1CC[C@@H](NC(=O)Nc2nc(C)c(C(C)=O)s2)[C@H](CN2CCC[C@@H](Cc3ccc(F)cc3)C2)C1. The number of nitrogens with zero attached hydrogens (tertiary/aromatic N) is 6. The summed E-state index contributed by atoms with van der Waals surface area (Å²) >= 11 is 2.36. The standard InChI is InChI=1S/C28H39FN6O3S.C28H38FN5O3S/c1-4-30-28(38)35-13-11-24(32-26(37)33-27-31-18(2)25(39-27)19(3)36)22(17-35)16-34-12-5-6-21(15-34)14-20-7-9-23(29)10-8-20;1-4-25(36)34-13-11-24(31-27(37)32-28-30-18(2)26(38-28)19(3)35)22(17-34)16-33-12-5-6-21(15-33)14-20-7-9-23(29)10-8-20/h7-10,21-22,24H,4-6,11-17H2,1-3H3,(H,30,38)(H2,31,32,33,37);7-10,21-22,24H,4-6,11-17H2,1-3H3,(H2,30,31,32,37)/t2*21-,22+,24+/m00/s1. The summed E-state index contributed by atoms with van der Waals surface area (Å²) in [6.45, 7) is 18.6. The second-order valence-electron chi connectivity index (χ2n) is 21.2. The van der Waals surface area contributed by atoms with Crippen molar-refractivity contribution >= 4 is 68.5 Å². The molecule has 0 unspecified atom stereocenters. The molecule has 4 saturated heterocycles. The van der Waals surface area contributed by atoms with E-state index >= 15 is 0 Å². The van der Waals surface area contributed by atoms with Crippen LogP contribution in [0.4, 0.5) is 33.4 Å². The molecule has 4 aliphatic heterocycles. The lowest BCUT2D eigenvalue weighted by Gasteiger charge is -2.42. The van der Waals surface area contributed by atoms with Crippen LogP contribution in [0.2, 0.25) is 0 Å². The van der Waals surface area contributed by atoms with Crippen LogP contribution in [-0.4, -0.2) is 149 Å². The van der Waals surface area contributed by atoms with Gasteiger partial charge in [-0.15, -0.1) is 0 Å². The monoisotopic (exact) mass is 1100 g/mol. The highest BCUT2D eigenvalue weighted by molar-refractivity contribution is 7.18. The maximum Gasteiger partial charge on any atom is 0.321 e. The Morgan fingerprint density at radius 3 is 1.43 bits per heavy atom. The first-order valence-electron chi connectivity index (χ1n) is 27.3. The topological polar surface area (TPSA) is 201 Å². The molecule has 6 heterocycles. The number of aryl methyl sites for hydroxylation is 2. The molecule has 0 saturated carbocycles. The summed E-state index contributed by atoms with van der Waals surface area (Å²) in [5.74, 6) is 0.689. The molecule has 77 heavy (non-hydrogen) atoms. The second kappa shape index (κ2) is 28.1. The molecule has 5 N–H and O–H groups in total. The van der Waals surface area contributed by atoms with E-state index in [-0.39, 0.29) is 71.1 Å². The van der Waals surface area contributed by atoms with Gasteiger partial charge in [0.2, 0.25) is 5.91 Å². The Kier molecular flexibility index (Phi) is 21.5. The molecule has 21 heteroatoms. The molecule has 6 atom stereocenters. The number of rotatable bonds is 16. The molecule has 7 amide bonds. The summed E-state index contributed by atoms with van der Waals surface area (Å²) in [6.07, 6.45) is 8.07. The maximum atomic E-state index is 13.3. The van der Waals surface area contributed by atoms with Crippen LogP contribution in [0.15, 0.2) is 48.5 Å². The number of ketones is 2. The van der Waals surface area contributed by atoms with Gasteiger partial charge in [-0.2, -0.15) is 0 Å². The van der Waals surface area contributed by atoms with Crippen LogP contribution in [0.25, 0.3) is 0 Å². The molecular formula is C56H77F2N11O6S2. The maximum absolute atomic E-state index is 13.3. The Morgan fingerprint density at radius 2 is 1.03 bits per heavy atom. The van der Waals surface area contributed by atoms with Gasteiger partial charge in [0, 0.05) is 103 Å². The van der Waals surface area contributed by atoms with Crippen molar-refractivity contribution in [3.05, 3.63) is 92.4 Å². The van der Waals surface area contributed by atoms with E-state index in [0.717, 1.165) is 88.9 Å². The molecule has 2 aromatic heterocycles. The van der Waals surface area contributed by atoms with E-state index < -0.39 is 0 Å². The number of benzene rings is 2. The van der Waals surface area contributed by atoms with E-state index in [1.54, 1.807) is 13.8 Å². The number of nitrogens with one attached hydrogen (secondary N) is 5. The molecule has 4 fully saturated rings. The van der Waals surface area contributed by atoms with Gasteiger partial charge in [0.15, 0.2) is 21.8 Å². The van der Waals surface area contributed by atoms with Gasteiger partial charge in [0.05, 0.1) is 21.1 Å². The Bertz CT molecular complexity index is 2650. The lowest BCUT2D eigenvalue weighted by Crippen LogP contribution is -2.57. The summed E-state index contributed by atoms with van der Waals surface area (Å²) in [5.41, 5.74) is 3.51. The average molecular weight is 1100 g/mol. The number of thiazole rings is 2. The quantitative estimate of drug-likeness (QED) is 0.0676. The van der Waals surface area contributed by atoms with Crippen molar-refractivity contribution in [1.82, 2.24) is 45.5 Å². The first-order valence-corrected chi connectivity index (χ1v) is 28.9. The lowest BCUT2D eigenvalue weighted by molar-refractivity contribution is -0.133. The first kappa shape index (κ1) is 58.8. The summed E-state index contributed by atoms with van der Waals surface area (Å²) in [5, 5.41) is 15.5. The van der Waals surface area contributed by atoms with Gasteiger partial charge in [0.1, 0.15) is 11.6 Å². The zero-order valence-electron chi connectivity index (χ0n) is 45.4. The van der Waals surface area contributed by atoms with Crippen molar-refractivity contribution in [3.63, 3.8) is 0 Å². The molecule has 17 nitrogen and oxygen atoms in total. The van der Waals surface area contributed by atoms with Crippen molar-refractivity contribution in [1.29, 1.82) is 0 Å². The molecular weight excluding hydrogens is 1020 g/mol. The molecule has 2 aromatic carbocycles. The zero-order valence-corrected chi connectivity index (χ0v) is 47.1. The van der Waals surface area contributed by atoms with E-state index in [1.807, 2.05) is 47.9 Å². The minimum atomic E-state index is -0.354. The molecule has 4 aromatic rings. The number of halogens is 2. The normalized spacial score (nSPS) is 22.0. The lowest BCUT2D eigenvalue weighted by atomic mass is 9.88. The highest BCUT2D eigenvalue weighted by atomic mass is 32.1. The molecule has 0 aliphatic carbocycles. The summed E-state index contributed by atoms with van der Waals surface area (Å²) in [4.78, 5) is 92.8. The Hall–Kier alpha value is -5.90. The van der Waals surface area contributed by atoms with Crippen molar-refractivity contribution < 1.29 is 37.5 Å². The van der Waals surface area contributed by atoms with Crippen LogP contribution in [0.5, 0.6) is 0 Å². The predicted octanol–water partition coefficient (Wildman–Crippen LogP) is 8.79. The number of hydrogen-bond acceptors (Lipinski definition) is 12. The van der Waals surface area contributed by atoms with Crippen LogP contribution < -0.4 is 26.6 Å². The Labute approximate surface area is 459 Å². The average Bonchev–Trinajstić information content (AvgIpc) is 3.97. The molecule has 0 radical (unpaired) electrons. The third-order valence-corrected chi connectivity index (χ3v) is 17.5. The number of carbonyl (C=O) groups excluding carboxylic acids is 6. The predicted molar refractivity (Wildman–Crippen MR) is 298 cm³/mol. The van der Waals surface area contributed by atoms with Gasteiger partial charge in [-0.05, 0) is 132 Å². The fraction of sp³-hybridized carbons (Fsp3) is 0.571. The highest BCUT2D eigenvalue weighted by Gasteiger charge is 2.37. The van der Waals surface area contributed by atoms with Gasteiger partial charge >= 0.3 is 18.1 Å². The number of likely N-dealkylation sites (tertiary alicyclic amines) is 4. The van der Waals surface area contributed by atoms with Crippen molar-refractivity contribution in [2.45, 2.75) is 111 Å². The second-order valence-corrected chi connectivity index (χ2v) is 23.2. The smallest absolute Gasteiger partial charge is 0.321 e. The van der Waals surface area contributed by atoms with E-state index in [1.165, 1.54) is 60.8 Å². The number of piperidine rings is 4. The Morgan fingerprint density at radius 1 is 0.597 bits per heavy atom. The molecule has 0 spiro atoms. The van der Waals surface area contributed by atoms with Gasteiger partial charge in [0.25, 0.3) is 0 Å². The first-order chi connectivity index (χ1) is 36.9. The van der Waals surface area contributed by atoms with Crippen LogP contribution >= 0.6 is 22.7 Å². The summed E-state index contributed by atoms with van der Waals surface area (Å²) < 4.78 is 26.6. The number of anilines is 2. The molecule has 4 aliphatic rings. The van der Waals surface area contributed by atoms with Crippen LogP contribution in [0.1, 0.15) is 114 Å². The number of carbonyl (C=O) groups is 6. The van der Waals surface area contributed by atoms with Crippen molar-refractivity contribution in [2.75, 3.05) is 82.6 Å². The Balaban J connectivity index is 0.000000224. The third kappa shape index (κ3) is 17.3. The highest BCUT2D eigenvalue weighted by Crippen LogP contribution is 2.29. The zero-order chi connectivity index (χ0) is 55.2. The van der Waals surface area contributed by atoms with Gasteiger partial charge < -0.3 is 35.6 Å². The fourth-order valence-electron chi connectivity index (χ4n) is 11.4. The van der Waals surface area contributed by atoms with E-state index in [4.69, 9.17) is 0 Å². The van der Waals surface area contributed by atoms with E-state index in [0.29, 0.717) is 95.2 Å². The number of amides is 7. The summed E-state index contributed by atoms with van der Waals surface area (Å²) in [6, 6.07) is 12.6. The largest absolute Gasteiger partial charge is 0.342 e. The van der Waals surface area contributed by atoms with E-state index in [2.05, 4.69) is 46.4 Å². The van der Waals surface area contributed by atoms with Crippen molar-refractivity contribution in [3.8, 4) is 0 Å². The van der Waals surface area contributed by atoms with E-state index in [9.17, 15) is 37.5 Å². The molecule has 418 valence electrons. The summed E-state index contributed by atoms with van der Waals surface area (Å²) in [7, 11) is 0. The van der Waals surface area contributed by atoms with Gasteiger partial charge in [-0.1, -0.05) is 53.9 Å².